The highest BCUT2D eigenvalue weighted by atomic mass is 16.3. The summed E-state index contributed by atoms with van der Waals surface area (Å²) in [5.41, 5.74) is 2.14. The summed E-state index contributed by atoms with van der Waals surface area (Å²) in [4.78, 5) is 4.50. The Morgan fingerprint density at radius 3 is 3.27 bits per heavy atom. The maximum atomic E-state index is 5.39. The molecule has 0 saturated carbocycles. The van der Waals surface area contributed by atoms with Gasteiger partial charge in [0, 0.05) is 24.0 Å². The Bertz CT molecular complexity index is 457. The minimum absolute atomic E-state index is 0.542. The van der Waals surface area contributed by atoms with Gasteiger partial charge in [0.05, 0.1) is 12.0 Å². The number of nitrogens with one attached hydrogen (secondary N) is 1. The molecule has 1 unspecified atom stereocenters. The third-order valence-corrected chi connectivity index (χ3v) is 3.09. The predicted molar refractivity (Wildman–Crippen MR) is 58.9 cm³/mol. The Balaban J connectivity index is 2.05. The normalized spacial score (nSPS) is 22.0. The third-order valence-electron chi connectivity index (χ3n) is 3.09. The van der Waals surface area contributed by atoms with E-state index in [-0.39, 0.29) is 0 Å². The molecule has 1 aliphatic rings. The van der Waals surface area contributed by atoms with Gasteiger partial charge in [-0.05, 0) is 31.5 Å². The van der Waals surface area contributed by atoms with E-state index in [1.807, 2.05) is 18.3 Å². The summed E-state index contributed by atoms with van der Waals surface area (Å²) in [7, 11) is 0. The quantitative estimate of drug-likeness (QED) is 0.771. The molecule has 0 amide bonds. The molecule has 78 valence electrons. The molecule has 3 heterocycles. The number of nitrogens with zero attached hydrogens (tertiary/aromatic N) is 1. The molecule has 3 rings (SSSR count). The van der Waals surface area contributed by atoms with Crippen LogP contribution in [0.5, 0.6) is 0 Å². The lowest BCUT2D eigenvalue weighted by Crippen LogP contribution is -2.28. The maximum absolute atomic E-state index is 5.39. The Labute approximate surface area is 88.5 Å². The van der Waals surface area contributed by atoms with E-state index < -0.39 is 0 Å². The van der Waals surface area contributed by atoms with Crippen molar-refractivity contribution in [1.82, 2.24) is 10.3 Å². The number of hydrogen-bond donors (Lipinski definition) is 1. The van der Waals surface area contributed by atoms with Crippen molar-refractivity contribution in [1.29, 1.82) is 0 Å². The van der Waals surface area contributed by atoms with E-state index in [4.69, 9.17) is 4.42 Å². The summed E-state index contributed by atoms with van der Waals surface area (Å²) in [6.07, 6.45) is 6.05. The molecule has 1 saturated heterocycles. The third kappa shape index (κ3) is 1.53. The zero-order valence-electron chi connectivity index (χ0n) is 8.57. The van der Waals surface area contributed by atoms with Gasteiger partial charge in [-0.25, -0.2) is 0 Å². The van der Waals surface area contributed by atoms with Crippen LogP contribution in [0.4, 0.5) is 0 Å². The van der Waals surface area contributed by atoms with Gasteiger partial charge in [-0.2, -0.15) is 0 Å². The van der Waals surface area contributed by atoms with Crippen LogP contribution in [0.3, 0.4) is 0 Å². The van der Waals surface area contributed by atoms with Crippen LogP contribution < -0.4 is 5.32 Å². The van der Waals surface area contributed by atoms with Gasteiger partial charge in [-0.3, -0.25) is 4.98 Å². The average Bonchev–Trinajstić information content (AvgIpc) is 2.78. The molecular weight excluding hydrogens is 188 g/mol. The van der Waals surface area contributed by atoms with Gasteiger partial charge in [0.15, 0.2) is 0 Å². The van der Waals surface area contributed by atoms with Gasteiger partial charge in [-0.15, -0.1) is 0 Å². The molecule has 0 spiro atoms. The molecule has 2 aromatic heterocycles. The van der Waals surface area contributed by atoms with E-state index in [9.17, 15) is 0 Å². The summed E-state index contributed by atoms with van der Waals surface area (Å²) in [5.74, 6) is 0.542. The fourth-order valence-electron chi connectivity index (χ4n) is 2.33. The van der Waals surface area contributed by atoms with Gasteiger partial charge >= 0.3 is 0 Å². The van der Waals surface area contributed by atoms with Gasteiger partial charge in [-0.1, -0.05) is 0 Å². The SMILES string of the molecule is c1cc2occc2c(C2CCCNC2)n1. The van der Waals surface area contributed by atoms with Crippen molar-refractivity contribution in [3.8, 4) is 0 Å². The lowest BCUT2D eigenvalue weighted by Gasteiger charge is -2.22. The largest absolute Gasteiger partial charge is 0.464 e. The molecular formula is C12H14N2O. The van der Waals surface area contributed by atoms with Crippen molar-refractivity contribution in [2.24, 2.45) is 0 Å². The smallest absolute Gasteiger partial charge is 0.137 e. The molecule has 15 heavy (non-hydrogen) atoms. The van der Waals surface area contributed by atoms with Crippen LogP contribution in [0.25, 0.3) is 11.0 Å². The average molecular weight is 202 g/mol. The molecule has 1 atom stereocenters. The van der Waals surface area contributed by atoms with E-state index in [0.29, 0.717) is 5.92 Å². The zero-order chi connectivity index (χ0) is 10.1. The predicted octanol–water partition coefficient (Wildman–Crippen LogP) is 2.29. The van der Waals surface area contributed by atoms with E-state index in [0.717, 1.165) is 18.7 Å². The molecule has 1 fully saturated rings. The first-order valence-corrected chi connectivity index (χ1v) is 5.48. The Kier molecular flexibility index (Phi) is 2.18. The van der Waals surface area contributed by atoms with Gasteiger partial charge in [0.25, 0.3) is 0 Å². The molecule has 0 radical (unpaired) electrons. The molecule has 1 N–H and O–H groups in total. The van der Waals surface area contributed by atoms with Crippen molar-refractivity contribution in [2.45, 2.75) is 18.8 Å². The van der Waals surface area contributed by atoms with Gasteiger partial charge < -0.3 is 9.73 Å². The first-order chi connectivity index (χ1) is 7.45. The van der Waals surface area contributed by atoms with Crippen LogP contribution in [-0.2, 0) is 0 Å². The molecule has 0 aliphatic carbocycles. The second-order valence-electron chi connectivity index (χ2n) is 4.07. The lowest BCUT2D eigenvalue weighted by atomic mass is 9.94. The Hall–Kier alpha value is -1.35. The first kappa shape index (κ1) is 8.92. The minimum Gasteiger partial charge on any atom is -0.464 e. The second kappa shape index (κ2) is 3.66. The summed E-state index contributed by atoms with van der Waals surface area (Å²) >= 11 is 0. The topological polar surface area (TPSA) is 38.1 Å². The van der Waals surface area contributed by atoms with Crippen LogP contribution in [0, 0.1) is 0 Å². The second-order valence-corrected chi connectivity index (χ2v) is 4.07. The van der Waals surface area contributed by atoms with E-state index >= 15 is 0 Å². The Morgan fingerprint density at radius 2 is 2.40 bits per heavy atom. The van der Waals surface area contributed by atoms with Gasteiger partial charge in [0.2, 0.25) is 0 Å². The molecule has 2 aromatic rings. The number of piperidine rings is 1. The number of pyridine rings is 1. The summed E-state index contributed by atoms with van der Waals surface area (Å²) in [6, 6.07) is 3.95. The summed E-state index contributed by atoms with van der Waals surface area (Å²) in [6.45, 7) is 2.18. The van der Waals surface area contributed by atoms with Crippen LogP contribution in [0.1, 0.15) is 24.5 Å². The molecule has 1 aliphatic heterocycles. The Morgan fingerprint density at radius 1 is 1.40 bits per heavy atom. The van der Waals surface area contributed by atoms with E-state index in [2.05, 4.69) is 10.3 Å². The number of furan rings is 1. The first-order valence-electron chi connectivity index (χ1n) is 5.48. The highest BCUT2D eigenvalue weighted by molar-refractivity contribution is 5.79. The molecule has 0 bridgehead atoms. The van der Waals surface area contributed by atoms with Crippen molar-refractivity contribution >= 4 is 11.0 Å². The lowest BCUT2D eigenvalue weighted by molar-refractivity contribution is 0.457. The zero-order valence-corrected chi connectivity index (χ0v) is 8.57. The standard InChI is InChI=1S/C12H14N2O/c1-2-9(8-13-5-1)12-10-4-7-15-11(10)3-6-14-12/h3-4,6-7,9,13H,1-2,5,8H2. The number of hydrogen-bond acceptors (Lipinski definition) is 3. The van der Waals surface area contributed by atoms with Crippen molar-refractivity contribution in [3.05, 3.63) is 30.3 Å². The van der Waals surface area contributed by atoms with Crippen molar-refractivity contribution < 1.29 is 4.42 Å². The highest BCUT2D eigenvalue weighted by Gasteiger charge is 2.19. The minimum atomic E-state index is 0.542. The van der Waals surface area contributed by atoms with Crippen molar-refractivity contribution in [3.63, 3.8) is 0 Å². The summed E-state index contributed by atoms with van der Waals surface area (Å²) in [5, 5.41) is 4.59. The fourth-order valence-corrected chi connectivity index (χ4v) is 2.33. The van der Waals surface area contributed by atoms with Crippen molar-refractivity contribution in [2.75, 3.05) is 13.1 Å². The van der Waals surface area contributed by atoms with E-state index in [1.54, 1.807) is 6.26 Å². The van der Waals surface area contributed by atoms with E-state index in [1.165, 1.54) is 23.9 Å². The highest BCUT2D eigenvalue weighted by Crippen LogP contribution is 2.28. The molecule has 0 aromatic carbocycles. The monoisotopic (exact) mass is 202 g/mol. The van der Waals surface area contributed by atoms with Gasteiger partial charge in [0.1, 0.15) is 5.58 Å². The van der Waals surface area contributed by atoms with Crippen LogP contribution >= 0.6 is 0 Å². The number of rotatable bonds is 1. The number of fused-ring (bicyclic) bond motifs is 1. The molecule has 3 nitrogen and oxygen atoms in total. The number of aromatic nitrogens is 1. The van der Waals surface area contributed by atoms with Crippen LogP contribution in [0.2, 0.25) is 0 Å². The maximum Gasteiger partial charge on any atom is 0.137 e. The fraction of sp³-hybridized carbons (Fsp3) is 0.417. The summed E-state index contributed by atoms with van der Waals surface area (Å²) < 4.78 is 5.39. The molecule has 3 heteroatoms. The van der Waals surface area contributed by atoms with Crippen LogP contribution in [0.15, 0.2) is 29.0 Å². The van der Waals surface area contributed by atoms with Crippen LogP contribution in [-0.4, -0.2) is 18.1 Å².